The number of hydrogen-bond acceptors (Lipinski definition) is 2. The third-order valence-corrected chi connectivity index (χ3v) is 3.23. The molecule has 3 rings (SSSR count). The zero-order chi connectivity index (χ0) is 6.97. The minimum Gasteiger partial charge on any atom is -0.253 e. The maximum absolute atomic E-state index is 4.42. The first-order valence-electron chi connectivity index (χ1n) is 4.28. The molecule has 0 aromatic rings. The number of hydrogen-bond donors (Lipinski definition) is 1. The van der Waals surface area contributed by atoms with Gasteiger partial charge >= 0.3 is 0 Å². The minimum atomic E-state index is 0.969. The molecule has 0 spiro atoms. The molecule has 58 valence electrons. The predicted molar refractivity (Wildman–Crippen MR) is 46.0 cm³/mol. The molecule has 2 bridgehead atoms. The van der Waals surface area contributed by atoms with Crippen molar-refractivity contribution in [1.82, 2.24) is 4.31 Å². The average molecular weight is 157 g/mol. The van der Waals surface area contributed by atoms with Crippen LogP contribution in [-0.4, -0.2) is 17.4 Å². The summed E-state index contributed by atoms with van der Waals surface area (Å²) in [5.41, 5.74) is 0. The van der Waals surface area contributed by atoms with Gasteiger partial charge in [0, 0.05) is 13.1 Å². The van der Waals surface area contributed by atoms with E-state index in [9.17, 15) is 0 Å². The van der Waals surface area contributed by atoms with Crippen molar-refractivity contribution < 1.29 is 0 Å². The Kier molecular flexibility index (Phi) is 1.92. The molecule has 0 aromatic carbocycles. The molecule has 2 saturated heterocycles. The van der Waals surface area contributed by atoms with Gasteiger partial charge in [-0.2, -0.15) is 0 Å². The molecule has 0 N–H and O–H groups in total. The molecule has 10 heavy (non-hydrogen) atoms. The van der Waals surface area contributed by atoms with Crippen molar-refractivity contribution >= 4 is 12.8 Å². The molecule has 0 radical (unpaired) electrons. The molecule has 2 heteroatoms. The normalized spacial score (nSPS) is 41.7. The van der Waals surface area contributed by atoms with Crippen LogP contribution in [0.1, 0.15) is 25.7 Å². The average Bonchev–Trinajstić information content (AvgIpc) is 2.17. The van der Waals surface area contributed by atoms with Crippen LogP contribution in [0.5, 0.6) is 0 Å². The number of nitrogens with zero attached hydrogens (tertiary/aromatic N) is 1. The van der Waals surface area contributed by atoms with Crippen molar-refractivity contribution in [3.63, 3.8) is 0 Å². The number of rotatable bonds is 0. The quantitative estimate of drug-likeness (QED) is 0.526. The second-order valence-corrected chi connectivity index (χ2v) is 4.32. The summed E-state index contributed by atoms with van der Waals surface area (Å²) in [6.07, 6.45) is 5.84. The van der Waals surface area contributed by atoms with E-state index in [2.05, 4.69) is 17.1 Å². The lowest BCUT2D eigenvalue weighted by atomic mass is 9.84. The van der Waals surface area contributed by atoms with Crippen LogP contribution >= 0.6 is 12.8 Å². The lowest BCUT2D eigenvalue weighted by Crippen LogP contribution is -2.17. The summed E-state index contributed by atoms with van der Waals surface area (Å²) in [6, 6.07) is 0. The van der Waals surface area contributed by atoms with Crippen LogP contribution in [-0.2, 0) is 0 Å². The fourth-order valence-corrected chi connectivity index (χ4v) is 2.73. The van der Waals surface area contributed by atoms with Gasteiger partial charge in [-0.25, -0.2) is 0 Å². The Morgan fingerprint density at radius 1 is 0.900 bits per heavy atom. The Labute approximate surface area is 68.3 Å². The van der Waals surface area contributed by atoms with Crippen molar-refractivity contribution in [3.8, 4) is 0 Å². The van der Waals surface area contributed by atoms with Crippen molar-refractivity contribution in [1.29, 1.82) is 0 Å². The molecule has 1 saturated carbocycles. The molecule has 0 amide bonds. The second kappa shape index (κ2) is 2.74. The smallest absolute Gasteiger partial charge is 0.0115 e. The lowest BCUT2D eigenvalue weighted by molar-refractivity contribution is 0.326. The van der Waals surface area contributed by atoms with Gasteiger partial charge in [0.2, 0.25) is 0 Å². The lowest BCUT2D eigenvalue weighted by Gasteiger charge is -2.21. The van der Waals surface area contributed by atoms with Crippen LogP contribution in [0.15, 0.2) is 0 Å². The first-order valence-corrected chi connectivity index (χ1v) is 4.68. The highest BCUT2D eigenvalue weighted by Gasteiger charge is 2.27. The van der Waals surface area contributed by atoms with Gasteiger partial charge in [0.05, 0.1) is 0 Å². The molecule has 3 fully saturated rings. The van der Waals surface area contributed by atoms with E-state index < -0.39 is 0 Å². The van der Waals surface area contributed by atoms with E-state index >= 15 is 0 Å². The molecule has 1 aliphatic carbocycles. The predicted octanol–water partition coefficient (Wildman–Crippen LogP) is 1.95. The van der Waals surface area contributed by atoms with Crippen molar-refractivity contribution in [3.05, 3.63) is 0 Å². The Hall–Kier alpha value is 0.310. The highest BCUT2D eigenvalue weighted by molar-refractivity contribution is 7.77. The fraction of sp³-hybridized carbons (Fsp3) is 1.00. The van der Waals surface area contributed by atoms with Gasteiger partial charge in [0.25, 0.3) is 0 Å². The summed E-state index contributed by atoms with van der Waals surface area (Å²) in [6.45, 7) is 2.47. The molecule has 0 atom stereocenters. The SMILES string of the molecule is SN1CC2CCC(CC2)C1. The first kappa shape index (κ1) is 6.99. The monoisotopic (exact) mass is 157 g/mol. The fourth-order valence-electron chi connectivity index (χ4n) is 2.27. The maximum Gasteiger partial charge on any atom is 0.0115 e. The highest BCUT2D eigenvalue weighted by atomic mass is 32.1. The Bertz CT molecular complexity index is 104. The van der Waals surface area contributed by atoms with Crippen molar-refractivity contribution in [2.45, 2.75) is 25.7 Å². The van der Waals surface area contributed by atoms with E-state index in [-0.39, 0.29) is 0 Å². The number of thiol groups is 1. The van der Waals surface area contributed by atoms with Crippen molar-refractivity contribution in [2.24, 2.45) is 11.8 Å². The van der Waals surface area contributed by atoms with Crippen molar-refractivity contribution in [2.75, 3.05) is 13.1 Å². The largest absolute Gasteiger partial charge is 0.253 e. The summed E-state index contributed by atoms with van der Waals surface area (Å²) in [5.74, 6) is 1.94. The van der Waals surface area contributed by atoms with Crippen LogP contribution in [0.25, 0.3) is 0 Å². The van der Waals surface area contributed by atoms with E-state index in [4.69, 9.17) is 0 Å². The van der Waals surface area contributed by atoms with Gasteiger partial charge in [-0.05, 0) is 37.5 Å². The zero-order valence-electron chi connectivity index (χ0n) is 6.29. The highest BCUT2D eigenvalue weighted by Crippen LogP contribution is 2.34. The van der Waals surface area contributed by atoms with Crippen LogP contribution in [0.2, 0.25) is 0 Å². The second-order valence-electron chi connectivity index (χ2n) is 3.76. The topological polar surface area (TPSA) is 3.24 Å². The van der Waals surface area contributed by atoms with Crippen LogP contribution in [0.3, 0.4) is 0 Å². The minimum absolute atomic E-state index is 0.969. The van der Waals surface area contributed by atoms with Gasteiger partial charge < -0.3 is 0 Å². The third kappa shape index (κ3) is 1.32. The van der Waals surface area contributed by atoms with Gasteiger partial charge in [-0.15, -0.1) is 0 Å². The van der Waals surface area contributed by atoms with Gasteiger partial charge in [0.15, 0.2) is 0 Å². The number of fused-ring (bicyclic) bond motifs is 4. The molecular weight excluding hydrogens is 142 g/mol. The zero-order valence-corrected chi connectivity index (χ0v) is 7.19. The van der Waals surface area contributed by atoms with E-state index in [0.29, 0.717) is 0 Å². The Morgan fingerprint density at radius 3 is 1.70 bits per heavy atom. The van der Waals surface area contributed by atoms with Crippen LogP contribution in [0, 0.1) is 11.8 Å². The summed E-state index contributed by atoms with van der Waals surface area (Å²) < 4.78 is 2.22. The van der Waals surface area contributed by atoms with Crippen LogP contribution < -0.4 is 0 Å². The van der Waals surface area contributed by atoms with E-state index in [1.54, 1.807) is 0 Å². The summed E-state index contributed by atoms with van der Waals surface area (Å²) in [7, 11) is 0. The molecule has 2 heterocycles. The van der Waals surface area contributed by atoms with Gasteiger partial charge in [-0.1, -0.05) is 12.8 Å². The summed E-state index contributed by atoms with van der Waals surface area (Å²) in [5, 5.41) is 0. The van der Waals surface area contributed by atoms with E-state index in [1.165, 1.54) is 38.8 Å². The molecule has 1 nitrogen and oxygen atoms in total. The molecule has 3 aliphatic rings. The van der Waals surface area contributed by atoms with E-state index in [0.717, 1.165) is 11.8 Å². The Morgan fingerprint density at radius 2 is 1.30 bits per heavy atom. The van der Waals surface area contributed by atoms with Gasteiger partial charge in [-0.3, -0.25) is 4.31 Å². The molecule has 0 aromatic heterocycles. The standard InChI is InChI=1S/C8H15NS/c10-9-5-7-1-2-8(6-9)4-3-7/h7-8,10H,1-6H2. The summed E-state index contributed by atoms with van der Waals surface area (Å²) in [4.78, 5) is 0. The van der Waals surface area contributed by atoms with E-state index in [1.807, 2.05) is 0 Å². The van der Waals surface area contributed by atoms with Crippen LogP contribution in [0.4, 0.5) is 0 Å². The summed E-state index contributed by atoms with van der Waals surface area (Å²) >= 11 is 4.42. The third-order valence-electron chi connectivity index (χ3n) is 2.90. The molecule has 2 aliphatic heterocycles. The molecular formula is C8H15NS. The molecule has 0 unspecified atom stereocenters. The van der Waals surface area contributed by atoms with Gasteiger partial charge in [0.1, 0.15) is 0 Å². The Balaban J connectivity index is 2.05. The first-order chi connectivity index (χ1) is 4.84. The maximum atomic E-state index is 4.42.